The fourth-order valence-corrected chi connectivity index (χ4v) is 5.80. The first-order valence-electron chi connectivity index (χ1n) is 14.6. The molecule has 3 aromatic rings. The quantitative estimate of drug-likeness (QED) is 0.219. The van der Waals surface area contributed by atoms with Crippen LogP contribution in [0.4, 0.5) is 23.7 Å². The van der Waals surface area contributed by atoms with Crippen LogP contribution in [0.2, 0.25) is 5.02 Å². The molecule has 5 rings (SSSR count). The molecule has 1 atom stereocenters. The lowest BCUT2D eigenvalue weighted by Gasteiger charge is -2.37. The van der Waals surface area contributed by atoms with E-state index in [1.54, 1.807) is 11.0 Å². The summed E-state index contributed by atoms with van der Waals surface area (Å²) >= 11 is 6.36. The number of likely N-dealkylation sites (tertiary alicyclic amines) is 1. The number of halogens is 4. The first kappa shape index (κ1) is 35.7. The second-order valence-electron chi connectivity index (χ2n) is 11.0. The molecular formula is C29H32ClF3N10O5. The smallest absolute Gasteiger partial charge is 0.435 e. The number of nitrogens with two attached hydrogens (primary N) is 1. The zero-order valence-corrected chi connectivity index (χ0v) is 26.3. The SMILES string of the molecule is Cn1c(-c2cn(CC#N)nc2C(F)(F)F)cnc1C(=O)Nc1ccc(C(=O)NC2CC(NC(=O)N3CCCC3CN)C2)c(Cl)c1.O=CO. The maximum atomic E-state index is 13.6. The Morgan fingerprint density at radius 1 is 1.21 bits per heavy atom. The Morgan fingerprint density at radius 3 is 2.52 bits per heavy atom. The van der Waals surface area contributed by atoms with E-state index in [-0.39, 0.29) is 64.0 Å². The predicted molar refractivity (Wildman–Crippen MR) is 165 cm³/mol. The molecule has 48 heavy (non-hydrogen) atoms. The summed E-state index contributed by atoms with van der Waals surface area (Å²) in [6, 6.07) is 5.71. The molecule has 0 bridgehead atoms. The molecule has 15 nitrogen and oxygen atoms in total. The summed E-state index contributed by atoms with van der Waals surface area (Å²) in [5.41, 5.74) is 4.58. The number of carbonyl (C=O) groups excluding carboxylic acids is 3. The summed E-state index contributed by atoms with van der Waals surface area (Å²) in [6.07, 6.45) is 0.337. The summed E-state index contributed by atoms with van der Waals surface area (Å²) in [5.74, 6) is -1.34. The fourth-order valence-electron chi connectivity index (χ4n) is 5.53. The minimum absolute atomic E-state index is 0.0321. The first-order chi connectivity index (χ1) is 22.8. The standard InChI is InChI=1S/C28H30ClF3N10O3.CH2O2/c1-40-22(20-14-41(8-6-33)39-23(20)28(30,31)32)13-35-24(40)26(44)36-15-4-5-19(21(29)11-15)25(43)37-16-9-17(10-16)38-27(45)42-7-2-3-18(42)12-34;2-1-3/h4-5,11,13-14,16-18H,2-3,7-10,12,34H2,1H3,(H,36,44)(H,37,43)(H,38,45);1H,(H,2,3). The van der Waals surface area contributed by atoms with Crippen molar-refractivity contribution >= 4 is 41.6 Å². The van der Waals surface area contributed by atoms with Gasteiger partial charge in [-0.15, -0.1) is 0 Å². The Morgan fingerprint density at radius 2 is 1.90 bits per heavy atom. The number of carbonyl (C=O) groups is 4. The van der Waals surface area contributed by atoms with Gasteiger partial charge in [0.1, 0.15) is 6.54 Å². The normalized spacial score (nSPS) is 18.5. The number of amides is 4. The number of rotatable bonds is 8. The number of hydrogen-bond donors (Lipinski definition) is 5. The van der Waals surface area contributed by atoms with Crippen LogP contribution in [0.5, 0.6) is 0 Å². The number of urea groups is 1. The topological polar surface area (TPSA) is 213 Å². The number of nitrogens with zero attached hydrogens (tertiary/aromatic N) is 6. The van der Waals surface area contributed by atoms with Crippen molar-refractivity contribution in [3.63, 3.8) is 0 Å². The second-order valence-corrected chi connectivity index (χ2v) is 11.4. The van der Waals surface area contributed by atoms with Crippen molar-refractivity contribution in [3.8, 4) is 17.3 Å². The zero-order chi connectivity index (χ0) is 35.2. The number of carboxylic acid groups (broad SMARTS) is 1. The van der Waals surface area contributed by atoms with Crippen molar-refractivity contribution in [1.29, 1.82) is 5.26 Å². The van der Waals surface area contributed by atoms with Crippen LogP contribution in [0.1, 0.15) is 52.4 Å². The molecule has 2 aromatic heterocycles. The van der Waals surface area contributed by atoms with Crippen LogP contribution in [0.15, 0.2) is 30.6 Å². The van der Waals surface area contributed by atoms with Gasteiger partial charge >= 0.3 is 12.2 Å². The molecule has 0 spiro atoms. The zero-order valence-electron chi connectivity index (χ0n) is 25.5. The summed E-state index contributed by atoms with van der Waals surface area (Å²) in [6.45, 7) is 0.461. The molecule has 1 aromatic carbocycles. The van der Waals surface area contributed by atoms with Crippen molar-refractivity contribution < 1.29 is 37.5 Å². The summed E-state index contributed by atoms with van der Waals surface area (Å²) in [7, 11) is 1.37. The van der Waals surface area contributed by atoms with Gasteiger partial charge in [0.25, 0.3) is 18.3 Å². The predicted octanol–water partition coefficient (Wildman–Crippen LogP) is 2.83. The summed E-state index contributed by atoms with van der Waals surface area (Å²) in [4.78, 5) is 52.5. The van der Waals surface area contributed by atoms with Gasteiger partial charge in [-0.2, -0.15) is 23.5 Å². The summed E-state index contributed by atoms with van der Waals surface area (Å²) < 4.78 is 42.8. The third kappa shape index (κ3) is 8.04. The highest BCUT2D eigenvalue weighted by molar-refractivity contribution is 6.34. The lowest BCUT2D eigenvalue weighted by atomic mass is 9.86. The van der Waals surface area contributed by atoms with E-state index in [0.717, 1.165) is 29.9 Å². The molecular weight excluding hydrogens is 661 g/mol. The number of nitriles is 1. The molecule has 1 saturated heterocycles. The van der Waals surface area contributed by atoms with E-state index in [4.69, 9.17) is 32.5 Å². The Hall–Kier alpha value is -5.15. The van der Waals surface area contributed by atoms with Crippen LogP contribution in [-0.4, -0.2) is 84.9 Å². The monoisotopic (exact) mass is 692 g/mol. The molecule has 1 unspecified atom stereocenters. The highest BCUT2D eigenvalue weighted by Crippen LogP contribution is 2.36. The van der Waals surface area contributed by atoms with E-state index in [0.29, 0.717) is 25.9 Å². The van der Waals surface area contributed by atoms with Crippen LogP contribution < -0.4 is 21.7 Å². The largest absolute Gasteiger partial charge is 0.483 e. The Labute approximate surface area is 276 Å². The van der Waals surface area contributed by atoms with Crippen LogP contribution >= 0.6 is 11.6 Å². The van der Waals surface area contributed by atoms with E-state index in [9.17, 15) is 27.6 Å². The maximum absolute atomic E-state index is 13.6. The van der Waals surface area contributed by atoms with E-state index in [2.05, 4.69) is 26.0 Å². The summed E-state index contributed by atoms with van der Waals surface area (Å²) in [5, 5.41) is 27.7. The maximum Gasteiger partial charge on any atom is 0.435 e. The van der Waals surface area contributed by atoms with Crippen molar-refractivity contribution in [2.45, 2.75) is 56.5 Å². The van der Waals surface area contributed by atoms with Gasteiger partial charge in [-0.25, -0.2) is 9.78 Å². The molecule has 1 saturated carbocycles. The number of aromatic nitrogens is 4. The van der Waals surface area contributed by atoms with Gasteiger partial charge < -0.3 is 36.3 Å². The number of anilines is 1. The lowest BCUT2D eigenvalue weighted by molar-refractivity contribution is -0.141. The average Bonchev–Trinajstić information content (AvgIpc) is 3.74. The molecule has 1 aliphatic heterocycles. The third-order valence-electron chi connectivity index (χ3n) is 7.91. The molecule has 19 heteroatoms. The van der Waals surface area contributed by atoms with Gasteiger partial charge in [-0.3, -0.25) is 19.1 Å². The van der Waals surface area contributed by atoms with E-state index < -0.39 is 30.2 Å². The number of hydrogen-bond acceptors (Lipinski definition) is 8. The van der Waals surface area contributed by atoms with Crippen molar-refractivity contribution in [2.24, 2.45) is 12.8 Å². The fraction of sp³-hybridized carbons (Fsp3) is 0.414. The first-order valence-corrected chi connectivity index (χ1v) is 15.0. The van der Waals surface area contributed by atoms with Gasteiger partial charge in [0.05, 0.1) is 34.1 Å². The van der Waals surface area contributed by atoms with Crippen LogP contribution in [-0.2, 0) is 24.6 Å². The Kier molecular flexibility index (Phi) is 11.3. The van der Waals surface area contributed by atoms with Crippen molar-refractivity contribution in [2.75, 3.05) is 18.4 Å². The molecule has 4 amide bonds. The van der Waals surface area contributed by atoms with E-state index >= 15 is 0 Å². The number of benzene rings is 1. The highest BCUT2D eigenvalue weighted by atomic mass is 35.5. The Balaban J connectivity index is 0.00000167. The number of alkyl halides is 3. The molecule has 256 valence electrons. The van der Waals surface area contributed by atoms with E-state index in [1.165, 1.54) is 29.8 Å². The molecule has 0 radical (unpaired) electrons. The van der Waals surface area contributed by atoms with Crippen molar-refractivity contribution in [1.82, 2.24) is 34.9 Å². The van der Waals surface area contributed by atoms with Gasteiger partial charge in [0.2, 0.25) is 0 Å². The third-order valence-corrected chi connectivity index (χ3v) is 8.23. The second kappa shape index (κ2) is 15.2. The van der Waals surface area contributed by atoms with Crippen LogP contribution in [0, 0.1) is 11.3 Å². The van der Waals surface area contributed by atoms with Gasteiger partial charge in [-0.05, 0) is 43.9 Å². The average molecular weight is 693 g/mol. The Bertz CT molecular complexity index is 1710. The molecule has 2 fully saturated rings. The van der Waals surface area contributed by atoms with Gasteiger partial charge in [-0.1, -0.05) is 11.6 Å². The number of imidazole rings is 1. The minimum atomic E-state index is -4.80. The van der Waals surface area contributed by atoms with Crippen LogP contribution in [0.25, 0.3) is 11.3 Å². The lowest BCUT2D eigenvalue weighted by Crippen LogP contribution is -2.57. The van der Waals surface area contributed by atoms with E-state index in [1.807, 2.05) is 0 Å². The van der Waals surface area contributed by atoms with Crippen molar-refractivity contribution in [3.05, 3.63) is 52.7 Å². The van der Waals surface area contributed by atoms with Gasteiger partial charge in [0.15, 0.2) is 11.5 Å². The highest BCUT2D eigenvalue weighted by Gasteiger charge is 2.39. The number of nitrogens with one attached hydrogen (secondary N) is 3. The molecule has 6 N–H and O–H groups in total. The molecule has 2 aliphatic rings. The molecule has 3 heterocycles. The minimum Gasteiger partial charge on any atom is -0.483 e. The van der Waals surface area contributed by atoms with Gasteiger partial charge in [0, 0.05) is 50.1 Å². The van der Waals surface area contributed by atoms with Crippen LogP contribution in [0.3, 0.4) is 0 Å². The molecule has 1 aliphatic carbocycles.